The molecule has 1 aromatic carbocycles. The van der Waals surface area contributed by atoms with Crippen LogP contribution in [-0.4, -0.2) is 37.0 Å². The van der Waals surface area contributed by atoms with E-state index in [1.165, 1.54) is 24.6 Å². The lowest BCUT2D eigenvalue weighted by Gasteiger charge is -2.07. The van der Waals surface area contributed by atoms with E-state index < -0.39 is 0 Å². The maximum absolute atomic E-state index is 12.6. The van der Waals surface area contributed by atoms with Crippen molar-refractivity contribution in [1.82, 2.24) is 30.5 Å². The first-order chi connectivity index (χ1) is 14.5. The molecule has 0 saturated heterocycles. The molecule has 11 heteroatoms. The van der Waals surface area contributed by atoms with Crippen LogP contribution in [-0.2, 0) is 11.3 Å². The number of hydrogen-bond acceptors (Lipinski definition) is 8. The zero-order chi connectivity index (χ0) is 21.1. The SMILES string of the molecule is CC(=O)NCc1ccc(-c2csc(NC(=O)c3ccc(-n4cnnn4)c(C)c3)n2)s1. The lowest BCUT2D eigenvalue weighted by atomic mass is 10.1. The normalized spacial score (nSPS) is 10.7. The first kappa shape index (κ1) is 19.9. The maximum Gasteiger partial charge on any atom is 0.257 e. The van der Waals surface area contributed by atoms with Gasteiger partial charge in [0.2, 0.25) is 5.91 Å². The summed E-state index contributed by atoms with van der Waals surface area (Å²) in [7, 11) is 0. The van der Waals surface area contributed by atoms with Crippen LogP contribution in [0, 0.1) is 6.92 Å². The van der Waals surface area contributed by atoms with Gasteiger partial charge in [0.15, 0.2) is 5.13 Å². The Balaban J connectivity index is 1.44. The molecular weight excluding hydrogens is 422 g/mol. The summed E-state index contributed by atoms with van der Waals surface area (Å²) in [5.41, 5.74) is 3.00. The molecule has 4 aromatic rings. The van der Waals surface area contributed by atoms with Gasteiger partial charge in [0.1, 0.15) is 6.33 Å². The van der Waals surface area contributed by atoms with Crippen LogP contribution in [0.5, 0.6) is 0 Å². The summed E-state index contributed by atoms with van der Waals surface area (Å²) in [6, 6.07) is 9.23. The molecule has 0 spiro atoms. The van der Waals surface area contributed by atoms with E-state index in [1.54, 1.807) is 34.2 Å². The lowest BCUT2D eigenvalue weighted by Crippen LogP contribution is -2.17. The Morgan fingerprint density at radius 1 is 1.20 bits per heavy atom. The number of aryl methyl sites for hydroxylation is 1. The first-order valence-electron chi connectivity index (χ1n) is 8.94. The van der Waals surface area contributed by atoms with Crippen molar-refractivity contribution in [1.29, 1.82) is 0 Å². The van der Waals surface area contributed by atoms with E-state index in [-0.39, 0.29) is 11.8 Å². The smallest absolute Gasteiger partial charge is 0.257 e. The predicted molar refractivity (Wildman–Crippen MR) is 115 cm³/mol. The third kappa shape index (κ3) is 4.42. The second-order valence-corrected chi connectivity index (χ2v) is 8.45. The summed E-state index contributed by atoms with van der Waals surface area (Å²) in [6.45, 7) is 3.88. The first-order valence-corrected chi connectivity index (χ1v) is 10.6. The molecule has 4 rings (SSSR count). The van der Waals surface area contributed by atoms with Crippen LogP contribution in [0.1, 0.15) is 27.7 Å². The number of anilines is 1. The van der Waals surface area contributed by atoms with Gasteiger partial charge in [-0.1, -0.05) is 0 Å². The second-order valence-electron chi connectivity index (χ2n) is 6.42. The summed E-state index contributed by atoms with van der Waals surface area (Å²) < 4.78 is 1.55. The van der Waals surface area contributed by atoms with Crippen molar-refractivity contribution in [3.63, 3.8) is 0 Å². The quantitative estimate of drug-likeness (QED) is 0.477. The number of nitrogens with one attached hydrogen (secondary N) is 2. The average Bonchev–Trinajstić information content (AvgIpc) is 3.47. The van der Waals surface area contributed by atoms with Gasteiger partial charge in [-0.2, -0.15) is 0 Å². The minimum absolute atomic E-state index is 0.0650. The van der Waals surface area contributed by atoms with E-state index in [0.717, 1.165) is 26.7 Å². The zero-order valence-electron chi connectivity index (χ0n) is 16.1. The van der Waals surface area contributed by atoms with E-state index in [2.05, 4.69) is 31.1 Å². The van der Waals surface area contributed by atoms with Crippen molar-refractivity contribution in [2.45, 2.75) is 20.4 Å². The van der Waals surface area contributed by atoms with Crippen molar-refractivity contribution >= 4 is 39.6 Å². The van der Waals surface area contributed by atoms with Crippen molar-refractivity contribution < 1.29 is 9.59 Å². The maximum atomic E-state index is 12.6. The van der Waals surface area contributed by atoms with Gasteiger partial charge in [-0.15, -0.1) is 27.8 Å². The van der Waals surface area contributed by atoms with Gasteiger partial charge in [-0.25, -0.2) is 9.67 Å². The van der Waals surface area contributed by atoms with Gasteiger partial charge in [-0.05, 0) is 53.2 Å². The van der Waals surface area contributed by atoms with Gasteiger partial charge >= 0.3 is 0 Å². The summed E-state index contributed by atoms with van der Waals surface area (Å²) in [5, 5.41) is 19.2. The molecule has 152 valence electrons. The minimum Gasteiger partial charge on any atom is -0.351 e. The van der Waals surface area contributed by atoms with E-state index in [9.17, 15) is 9.59 Å². The Morgan fingerprint density at radius 2 is 2.07 bits per heavy atom. The highest BCUT2D eigenvalue weighted by Gasteiger charge is 2.13. The van der Waals surface area contributed by atoms with Crippen molar-refractivity contribution in [3.8, 4) is 16.3 Å². The number of rotatable bonds is 6. The monoisotopic (exact) mass is 439 g/mol. The van der Waals surface area contributed by atoms with Crippen LogP contribution >= 0.6 is 22.7 Å². The molecule has 0 aliphatic carbocycles. The number of hydrogen-bond donors (Lipinski definition) is 2. The number of thiazole rings is 1. The minimum atomic E-state index is -0.236. The fourth-order valence-corrected chi connectivity index (χ4v) is 4.45. The fourth-order valence-electron chi connectivity index (χ4n) is 2.76. The molecule has 2 N–H and O–H groups in total. The molecule has 0 aliphatic heterocycles. The van der Waals surface area contributed by atoms with Crippen LogP contribution in [0.4, 0.5) is 5.13 Å². The molecular formula is C19H17N7O2S2. The van der Waals surface area contributed by atoms with Crippen molar-refractivity contribution in [2.24, 2.45) is 0 Å². The van der Waals surface area contributed by atoms with Gasteiger partial charge in [0.05, 0.1) is 22.8 Å². The largest absolute Gasteiger partial charge is 0.351 e. The van der Waals surface area contributed by atoms with Crippen LogP contribution < -0.4 is 10.6 Å². The second kappa shape index (κ2) is 8.51. The lowest BCUT2D eigenvalue weighted by molar-refractivity contribution is -0.119. The number of carbonyl (C=O) groups excluding carboxylic acids is 2. The summed E-state index contributed by atoms with van der Waals surface area (Å²) in [4.78, 5) is 30.2. The Labute approximate surface area is 179 Å². The number of amides is 2. The molecule has 0 fully saturated rings. The number of thiophene rings is 1. The summed E-state index contributed by atoms with van der Waals surface area (Å²) in [6.07, 6.45) is 1.51. The van der Waals surface area contributed by atoms with Crippen LogP contribution in [0.15, 0.2) is 42.0 Å². The van der Waals surface area contributed by atoms with Gasteiger partial charge in [0, 0.05) is 22.7 Å². The molecule has 0 unspecified atom stereocenters. The van der Waals surface area contributed by atoms with E-state index in [0.29, 0.717) is 17.2 Å². The number of aromatic nitrogens is 5. The van der Waals surface area contributed by atoms with Crippen LogP contribution in [0.3, 0.4) is 0 Å². The topological polar surface area (TPSA) is 115 Å². The number of benzene rings is 1. The third-order valence-corrected chi connectivity index (χ3v) is 6.07. The molecule has 0 saturated carbocycles. The Hall–Kier alpha value is -3.44. The van der Waals surface area contributed by atoms with Gasteiger partial charge < -0.3 is 5.32 Å². The molecule has 0 bridgehead atoms. The van der Waals surface area contributed by atoms with Crippen molar-refractivity contribution in [2.75, 3.05) is 5.32 Å². The molecule has 2 amide bonds. The average molecular weight is 440 g/mol. The zero-order valence-corrected chi connectivity index (χ0v) is 17.8. The standard InChI is InChI=1S/C19H17N7O2S2/c1-11-7-13(3-5-16(11)26-10-21-24-25-26)18(28)23-19-22-15(9-29-19)17-6-4-14(30-17)8-20-12(2)27/h3-7,9-10H,8H2,1-2H3,(H,20,27)(H,22,23,28). The molecule has 0 atom stereocenters. The van der Waals surface area contributed by atoms with E-state index in [1.807, 2.05) is 24.4 Å². The molecule has 0 radical (unpaired) electrons. The Morgan fingerprint density at radius 3 is 2.80 bits per heavy atom. The highest BCUT2D eigenvalue weighted by molar-refractivity contribution is 7.17. The number of nitrogens with zero attached hydrogens (tertiary/aromatic N) is 5. The Kier molecular flexibility index (Phi) is 5.63. The Bertz CT molecular complexity index is 1200. The fraction of sp³-hybridized carbons (Fsp3) is 0.158. The summed E-state index contributed by atoms with van der Waals surface area (Å²) >= 11 is 2.92. The summed E-state index contributed by atoms with van der Waals surface area (Å²) in [5.74, 6) is -0.301. The molecule has 9 nitrogen and oxygen atoms in total. The van der Waals surface area contributed by atoms with E-state index in [4.69, 9.17) is 0 Å². The molecule has 3 aromatic heterocycles. The highest BCUT2D eigenvalue weighted by Crippen LogP contribution is 2.31. The number of tetrazole rings is 1. The highest BCUT2D eigenvalue weighted by atomic mass is 32.1. The molecule has 3 heterocycles. The van der Waals surface area contributed by atoms with Gasteiger partial charge in [-0.3, -0.25) is 14.9 Å². The number of carbonyl (C=O) groups is 2. The van der Waals surface area contributed by atoms with Crippen molar-refractivity contribution in [3.05, 3.63) is 58.0 Å². The van der Waals surface area contributed by atoms with Crippen LogP contribution in [0.25, 0.3) is 16.3 Å². The van der Waals surface area contributed by atoms with Gasteiger partial charge in [0.25, 0.3) is 5.91 Å². The van der Waals surface area contributed by atoms with E-state index >= 15 is 0 Å². The third-order valence-electron chi connectivity index (χ3n) is 4.21. The molecule has 0 aliphatic rings. The molecule has 30 heavy (non-hydrogen) atoms. The predicted octanol–water partition coefficient (Wildman–Crippen LogP) is 3.04. The van der Waals surface area contributed by atoms with Crippen LogP contribution in [0.2, 0.25) is 0 Å².